The van der Waals surface area contributed by atoms with Crippen molar-refractivity contribution in [1.29, 1.82) is 0 Å². The summed E-state index contributed by atoms with van der Waals surface area (Å²) >= 11 is 0. The average molecular weight is 870 g/mol. The highest BCUT2D eigenvalue weighted by molar-refractivity contribution is 6.10. The minimum absolute atomic E-state index is 0.0570. The summed E-state index contributed by atoms with van der Waals surface area (Å²) in [6.07, 6.45) is 3.64. The van der Waals surface area contributed by atoms with E-state index in [4.69, 9.17) is 31.4 Å². The van der Waals surface area contributed by atoms with E-state index in [1.165, 1.54) is 0 Å². The molecule has 5 rings (SSSR count). The monoisotopic (exact) mass is 869 g/mol. The van der Waals surface area contributed by atoms with Crippen molar-refractivity contribution in [2.24, 2.45) is 39.9 Å². The Balaban J connectivity index is 1.36. The Kier molecular flexibility index (Phi) is 18.9. The van der Waals surface area contributed by atoms with Gasteiger partial charge in [0, 0.05) is 36.4 Å². The number of benzene rings is 5. The van der Waals surface area contributed by atoms with Crippen LogP contribution in [0.1, 0.15) is 70.8 Å². The Bertz CT molecular complexity index is 2380. The lowest BCUT2D eigenvalue weighted by molar-refractivity contribution is -0.151. The third kappa shape index (κ3) is 14.2. The smallest absolute Gasteiger partial charge is 0.310 e. The molecule has 5 aromatic rings. The molecule has 0 saturated carbocycles. The van der Waals surface area contributed by atoms with Crippen LogP contribution in [0, 0.1) is 17.8 Å². The van der Waals surface area contributed by atoms with Gasteiger partial charge in [0.25, 0.3) is 0 Å². The fraction of sp³-hybridized carbons (Fsp3) is 0.365. The Morgan fingerprint density at radius 2 is 1.36 bits per heavy atom. The van der Waals surface area contributed by atoms with Crippen LogP contribution >= 0.6 is 0 Å². The summed E-state index contributed by atoms with van der Waals surface area (Å²) in [7, 11) is 0. The maximum absolute atomic E-state index is 14.2. The molecular weight excluding hydrogens is 807 g/mol. The summed E-state index contributed by atoms with van der Waals surface area (Å²) in [6.45, 7) is 8.90. The molecule has 0 saturated heterocycles. The minimum atomic E-state index is -0.979. The van der Waals surface area contributed by atoms with Crippen molar-refractivity contribution in [3.05, 3.63) is 121 Å². The van der Waals surface area contributed by atoms with E-state index in [-0.39, 0.29) is 68.9 Å². The molecule has 0 aliphatic heterocycles. The normalized spacial score (nSPS) is 12.6. The predicted molar refractivity (Wildman–Crippen MR) is 255 cm³/mol. The van der Waals surface area contributed by atoms with Crippen LogP contribution in [0.15, 0.2) is 121 Å². The van der Waals surface area contributed by atoms with Crippen molar-refractivity contribution in [1.82, 2.24) is 5.32 Å². The molecule has 0 bridgehead atoms. The van der Waals surface area contributed by atoms with E-state index in [1.807, 2.05) is 91.0 Å². The highest BCUT2D eigenvalue weighted by Gasteiger charge is 2.31. The van der Waals surface area contributed by atoms with E-state index in [1.54, 1.807) is 6.08 Å². The van der Waals surface area contributed by atoms with Gasteiger partial charge in [0.2, 0.25) is 5.91 Å². The molecular formula is C52H63N5O7. The van der Waals surface area contributed by atoms with Crippen LogP contribution in [0.2, 0.25) is 0 Å². The van der Waals surface area contributed by atoms with Crippen molar-refractivity contribution in [2.45, 2.75) is 77.9 Å². The second kappa shape index (κ2) is 24.9. The fourth-order valence-corrected chi connectivity index (χ4v) is 7.67. The van der Waals surface area contributed by atoms with E-state index >= 15 is 0 Å². The van der Waals surface area contributed by atoms with Gasteiger partial charge in [-0.3, -0.25) is 24.2 Å². The molecule has 3 atom stereocenters. The number of carbonyl (C=O) groups excluding carboxylic acids is 4. The maximum Gasteiger partial charge on any atom is 0.310 e. The number of nitrogens with zero attached hydrogens (tertiary/aromatic N) is 1. The van der Waals surface area contributed by atoms with Crippen LogP contribution in [0.4, 0.5) is 0 Å². The third-order valence-corrected chi connectivity index (χ3v) is 11.0. The number of nitrogens with two attached hydrogens (primary N) is 3. The van der Waals surface area contributed by atoms with Crippen molar-refractivity contribution in [3.63, 3.8) is 0 Å². The number of ketones is 2. The van der Waals surface area contributed by atoms with E-state index < -0.39 is 29.8 Å². The number of aliphatic imine (C=N–C) groups is 1. The lowest BCUT2D eigenvalue weighted by Gasteiger charge is -2.24. The van der Waals surface area contributed by atoms with Gasteiger partial charge in [0.05, 0.1) is 18.6 Å². The number of carbonyl (C=O) groups is 4. The molecule has 64 heavy (non-hydrogen) atoms. The van der Waals surface area contributed by atoms with Crippen molar-refractivity contribution in [2.75, 3.05) is 26.3 Å². The van der Waals surface area contributed by atoms with Crippen LogP contribution in [0.25, 0.3) is 32.7 Å². The highest BCUT2D eigenvalue weighted by atomic mass is 16.5. The lowest BCUT2D eigenvalue weighted by Crippen LogP contribution is -2.45. The predicted octanol–water partition coefficient (Wildman–Crippen LogP) is 8.21. The fourth-order valence-electron chi connectivity index (χ4n) is 7.67. The summed E-state index contributed by atoms with van der Waals surface area (Å²) in [5.41, 5.74) is 19.4. The first kappa shape index (κ1) is 48.5. The van der Waals surface area contributed by atoms with Crippen molar-refractivity contribution < 1.29 is 33.4 Å². The first-order valence-corrected chi connectivity index (χ1v) is 22.2. The number of fused-ring (bicyclic) bond motifs is 2. The standard InChI is InChI=1S/C52H63N5O7/c1-4-15-40(51(61)64-33-36-16-6-5-7-17-36)31-45(59)44(23-14-29-56-52(54)55)57-50(60)39(20-12-13-28-53)30-41(58)34-63-47-27-25-38-19-9-11-22-43(38)49(47)48-42-21-10-8-18-37(42)24-26-46(48)62-32-35(2)3/h4-11,16-19,21-22,24-27,35,39-40,44H,1,12-15,20,23,28-34,53H2,2-3H3,(H,57,60)(H4,54,55,56)/t39-,40+,44+/m0/s1. The number of esters is 1. The molecule has 0 radical (unpaired) electrons. The number of ether oxygens (including phenoxy) is 3. The van der Waals surface area contributed by atoms with Crippen molar-refractivity contribution >= 4 is 50.9 Å². The Labute approximate surface area is 376 Å². The van der Waals surface area contributed by atoms with E-state index in [9.17, 15) is 19.2 Å². The topological polar surface area (TPSA) is 198 Å². The van der Waals surface area contributed by atoms with E-state index in [0.29, 0.717) is 50.3 Å². The van der Waals surface area contributed by atoms with Gasteiger partial charge >= 0.3 is 5.97 Å². The number of nitrogens with one attached hydrogen (secondary N) is 1. The molecule has 0 aromatic heterocycles. The van der Waals surface area contributed by atoms with Gasteiger partial charge in [-0.2, -0.15) is 0 Å². The van der Waals surface area contributed by atoms with Gasteiger partial charge in [0.1, 0.15) is 24.7 Å². The molecule has 0 unspecified atom stereocenters. The summed E-state index contributed by atoms with van der Waals surface area (Å²) in [4.78, 5) is 59.4. The Morgan fingerprint density at radius 1 is 0.734 bits per heavy atom. The van der Waals surface area contributed by atoms with Crippen LogP contribution in [0.3, 0.4) is 0 Å². The van der Waals surface area contributed by atoms with Crippen LogP contribution in [-0.4, -0.2) is 61.7 Å². The van der Waals surface area contributed by atoms with E-state index in [0.717, 1.165) is 38.2 Å². The number of guanidine groups is 1. The lowest BCUT2D eigenvalue weighted by atomic mass is 9.91. The molecule has 0 aliphatic rings. The minimum Gasteiger partial charge on any atom is -0.493 e. The third-order valence-electron chi connectivity index (χ3n) is 11.0. The quantitative estimate of drug-likeness (QED) is 0.0131. The molecule has 0 aliphatic carbocycles. The molecule has 5 aromatic carbocycles. The molecule has 0 heterocycles. The number of unbranched alkanes of at least 4 members (excludes halogenated alkanes) is 1. The van der Waals surface area contributed by atoms with Gasteiger partial charge in [0.15, 0.2) is 17.5 Å². The van der Waals surface area contributed by atoms with Gasteiger partial charge in [-0.05, 0) is 83.8 Å². The largest absolute Gasteiger partial charge is 0.493 e. The van der Waals surface area contributed by atoms with Crippen LogP contribution in [0.5, 0.6) is 11.5 Å². The molecule has 7 N–H and O–H groups in total. The first-order chi connectivity index (χ1) is 31.0. The van der Waals surface area contributed by atoms with Crippen molar-refractivity contribution in [3.8, 4) is 22.6 Å². The van der Waals surface area contributed by atoms with Crippen LogP contribution in [-0.2, 0) is 30.5 Å². The summed E-state index contributed by atoms with van der Waals surface area (Å²) in [6, 6.07) is 32.3. The van der Waals surface area contributed by atoms with Gasteiger partial charge in [-0.1, -0.05) is 117 Å². The van der Waals surface area contributed by atoms with Gasteiger partial charge in [-0.15, -0.1) is 6.58 Å². The summed E-state index contributed by atoms with van der Waals surface area (Å²) in [5, 5.41) is 6.88. The zero-order valence-electron chi connectivity index (χ0n) is 37.1. The second-order valence-corrected chi connectivity index (χ2v) is 16.5. The number of hydrogen-bond acceptors (Lipinski definition) is 9. The summed E-state index contributed by atoms with van der Waals surface area (Å²) in [5.74, 6) is -1.81. The van der Waals surface area contributed by atoms with Crippen LogP contribution < -0.4 is 32.0 Å². The number of hydrogen-bond donors (Lipinski definition) is 4. The summed E-state index contributed by atoms with van der Waals surface area (Å²) < 4.78 is 18.5. The Morgan fingerprint density at radius 3 is 1.97 bits per heavy atom. The molecule has 338 valence electrons. The molecule has 0 fully saturated rings. The number of Topliss-reactive ketones (excluding diaryl/α,β-unsaturated/α-hetero) is 2. The zero-order valence-corrected chi connectivity index (χ0v) is 37.1. The number of allylic oxidation sites excluding steroid dienone is 1. The Hall–Kier alpha value is -6.53. The maximum atomic E-state index is 14.2. The SMILES string of the molecule is C=CC[C@H](CC(=O)[C@@H](CCCN=C(N)N)NC(=O)[C@@H](CCCCN)CC(=O)COc1ccc2ccccc2c1-c1c(OCC(C)C)ccc2ccccc12)C(=O)OCc1ccccc1. The van der Waals surface area contributed by atoms with Gasteiger partial charge < -0.3 is 36.7 Å². The van der Waals surface area contributed by atoms with E-state index in [2.05, 4.69) is 42.9 Å². The molecule has 12 nitrogen and oxygen atoms in total. The molecule has 12 heteroatoms. The average Bonchev–Trinajstić information content (AvgIpc) is 3.29. The molecule has 1 amide bonds. The number of rotatable bonds is 27. The highest BCUT2D eigenvalue weighted by Crippen LogP contribution is 2.45. The van der Waals surface area contributed by atoms with Gasteiger partial charge in [-0.25, -0.2) is 0 Å². The second-order valence-electron chi connectivity index (χ2n) is 16.5. The zero-order chi connectivity index (χ0) is 45.8. The molecule has 0 spiro atoms. The first-order valence-electron chi connectivity index (χ1n) is 22.2. The number of amides is 1.